The van der Waals surface area contributed by atoms with E-state index in [0.29, 0.717) is 12.0 Å². The lowest BCUT2D eigenvalue weighted by molar-refractivity contribution is 0.447. The third-order valence-electron chi connectivity index (χ3n) is 3.29. The van der Waals surface area contributed by atoms with E-state index in [-0.39, 0.29) is 0 Å². The number of benzene rings is 1. The molecule has 2 atom stereocenters. The molecule has 0 spiro atoms. The summed E-state index contributed by atoms with van der Waals surface area (Å²) in [5.74, 6) is 0.642. The highest BCUT2D eigenvalue weighted by Gasteiger charge is 2.22. The van der Waals surface area contributed by atoms with Crippen LogP contribution < -0.4 is 5.32 Å². The van der Waals surface area contributed by atoms with Crippen molar-refractivity contribution in [2.75, 3.05) is 0 Å². The van der Waals surface area contributed by atoms with Gasteiger partial charge in [-0.3, -0.25) is 0 Å². The Morgan fingerprint density at radius 3 is 2.85 bits per heavy atom. The Morgan fingerprint density at radius 2 is 2.08 bits per heavy atom. The number of fused-ring (bicyclic) bond motifs is 1. The van der Waals surface area contributed by atoms with Gasteiger partial charge >= 0.3 is 0 Å². The van der Waals surface area contributed by atoms with Crippen LogP contribution in [0.4, 0.5) is 0 Å². The monoisotopic (exact) mass is 175 g/mol. The van der Waals surface area contributed by atoms with E-state index in [0.717, 1.165) is 6.54 Å². The molecule has 1 nitrogen and oxygen atoms in total. The third-order valence-corrected chi connectivity index (χ3v) is 3.29. The smallest absolute Gasteiger partial charge is 0.0213 e. The number of hydrogen-bond donors (Lipinski definition) is 1. The number of hydrogen-bond acceptors (Lipinski definition) is 1. The molecule has 0 saturated heterocycles. The first-order chi connectivity index (χ1) is 6.20. The second-order valence-corrected chi connectivity index (χ2v) is 4.10. The standard InChI is InChI=1S/C12H17N/c1-8-5-4-6-11-9(2)10(3)13-7-12(8)11/h4-6,9-10,13H,7H2,1-3H3. The molecule has 2 rings (SSSR count). The summed E-state index contributed by atoms with van der Waals surface area (Å²) in [6.45, 7) is 7.79. The Balaban J connectivity index is 2.49. The van der Waals surface area contributed by atoms with Gasteiger partial charge in [0.15, 0.2) is 0 Å². The molecular formula is C12H17N. The Hall–Kier alpha value is -0.820. The lowest BCUT2D eigenvalue weighted by Crippen LogP contribution is -2.36. The van der Waals surface area contributed by atoms with E-state index in [2.05, 4.69) is 44.3 Å². The average Bonchev–Trinajstić information content (AvgIpc) is 2.12. The molecule has 0 bridgehead atoms. The van der Waals surface area contributed by atoms with E-state index >= 15 is 0 Å². The lowest BCUT2D eigenvalue weighted by atomic mass is 9.85. The van der Waals surface area contributed by atoms with Crippen LogP contribution in [0.15, 0.2) is 18.2 Å². The third kappa shape index (κ3) is 1.37. The predicted molar refractivity (Wildman–Crippen MR) is 55.9 cm³/mol. The van der Waals surface area contributed by atoms with Crippen molar-refractivity contribution in [3.05, 3.63) is 34.9 Å². The molecule has 0 aromatic heterocycles. The summed E-state index contributed by atoms with van der Waals surface area (Å²) in [5, 5.41) is 3.53. The molecule has 0 saturated carbocycles. The van der Waals surface area contributed by atoms with E-state index < -0.39 is 0 Å². The lowest BCUT2D eigenvalue weighted by Gasteiger charge is -2.30. The summed E-state index contributed by atoms with van der Waals surface area (Å²) in [5.41, 5.74) is 4.46. The van der Waals surface area contributed by atoms with Crippen LogP contribution in [-0.4, -0.2) is 6.04 Å². The molecule has 1 heterocycles. The molecule has 13 heavy (non-hydrogen) atoms. The minimum Gasteiger partial charge on any atom is -0.310 e. The second-order valence-electron chi connectivity index (χ2n) is 4.10. The fourth-order valence-corrected chi connectivity index (χ4v) is 2.10. The van der Waals surface area contributed by atoms with Gasteiger partial charge in [-0.05, 0) is 36.5 Å². The zero-order valence-electron chi connectivity index (χ0n) is 8.59. The molecule has 0 amide bonds. The first kappa shape index (κ1) is 8.76. The second kappa shape index (κ2) is 3.15. The van der Waals surface area contributed by atoms with Crippen molar-refractivity contribution in [3.8, 4) is 0 Å². The zero-order chi connectivity index (χ0) is 9.42. The van der Waals surface area contributed by atoms with Crippen LogP contribution in [-0.2, 0) is 6.54 Å². The molecule has 2 unspecified atom stereocenters. The number of nitrogens with one attached hydrogen (secondary N) is 1. The van der Waals surface area contributed by atoms with Crippen molar-refractivity contribution < 1.29 is 0 Å². The van der Waals surface area contributed by atoms with Gasteiger partial charge in [-0.15, -0.1) is 0 Å². The summed E-state index contributed by atoms with van der Waals surface area (Å²) < 4.78 is 0. The molecule has 0 aliphatic carbocycles. The fourth-order valence-electron chi connectivity index (χ4n) is 2.10. The highest BCUT2D eigenvalue weighted by molar-refractivity contribution is 5.38. The molecule has 0 fully saturated rings. The first-order valence-corrected chi connectivity index (χ1v) is 5.02. The van der Waals surface area contributed by atoms with Crippen LogP contribution in [0.25, 0.3) is 0 Å². The Morgan fingerprint density at radius 1 is 1.31 bits per heavy atom. The summed E-state index contributed by atoms with van der Waals surface area (Å²) in [4.78, 5) is 0. The van der Waals surface area contributed by atoms with E-state index in [1.165, 1.54) is 16.7 Å². The SMILES string of the molecule is Cc1cccc2c1CNC(C)C2C. The summed E-state index contributed by atoms with van der Waals surface area (Å²) in [6.07, 6.45) is 0. The van der Waals surface area contributed by atoms with E-state index in [1.807, 2.05) is 0 Å². The fraction of sp³-hybridized carbons (Fsp3) is 0.500. The van der Waals surface area contributed by atoms with Crippen molar-refractivity contribution in [3.63, 3.8) is 0 Å². The van der Waals surface area contributed by atoms with Crippen molar-refractivity contribution in [1.29, 1.82) is 0 Å². The Kier molecular flexibility index (Phi) is 2.12. The molecule has 1 aliphatic rings. The molecule has 70 valence electrons. The van der Waals surface area contributed by atoms with E-state index in [1.54, 1.807) is 0 Å². The number of rotatable bonds is 0. The first-order valence-electron chi connectivity index (χ1n) is 5.02. The Bertz CT molecular complexity index is 317. The molecular weight excluding hydrogens is 158 g/mol. The molecule has 1 aliphatic heterocycles. The van der Waals surface area contributed by atoms with Gasteiger partial charge in [0.05, 0.1) is 0 Å². The van der Waals surface area contributed by atoms with Gasteiger partial charge in [0.2, 0.25) is 0 Å². The molecule has 1 N–H and O–H groups in total. The van der Waals surface area contributed by atoms with Crippen molar-refractivity contribution in [2.45, 2.75) is 39.3 Å². The van der Waals surface area contributed by atoms with Gasteiger partial charge in [-0.25, -0.2) is 0 Å². The summed E-state index contributed by atoms with van der Waals surface area (Å²) >= 11 is 0. The van der Waals surface area contributed by atoms with Gasteiger partial charge in [-0.2, -0.15) is 0 Å². The van der Waals surface area contributed by atoms with Crippen LogP contribution in [0.5, 0.6) is 0 Å². The van der Waals surface area contributed by atoms with Crippen LogP contribution in [0.3, 0.4) is 0 Å². The van der Waals surface area contributed by atoms with E-state index in [9.17, 15) is 0 Å². The predicted octanol–water partition coefficient (Wildman–Crippen LogP) is 2.59. The van der Waals surface area contributed by atoms with Crippen LogP contribution >= 0.6 is 0 Å². The summed E-state index contributed by atoms with van der Waals surface area (Å²) in [7, 11) is 0. The van der Waals surface area contributed by atoms with E-state index in [4.69, 9.17) is 0 Å². The molecule has 1 heteroatoms. The quantitative estimate of drug-likeness (QED) is 0.639. The van der Waals surface area contributed by atoms with Gasteiger partial charge in [-0.1, -0.05) is 25.1 Å². The molecule has 1 aromatic rings. The molecule has 1 aromatic carbocycles. The average molecular weight is 175 g/mol. The Labute approximate surface area is 80.2 Å². The van der Waals surface area contributed by atoms with Crippen LogP contribution in [0.1, 0.15) is 36.5 Å². The highest BCUT2D eigenvalue weighted by Crippen LogP contribution is 2.29. The van der Waals surface area contributed by atoms with Gasteiger partial charge in [0.25, 0.3) is 0 Å². The largest absolute Gasteiger partial charge is 0.310 e. The van der Waals surface area contributed by atoms with Crippen molar-refractivity contribution in [1.82, 2.24) is 5.32 Å². The maximum Gasteiger partial charge on any atom is 0.0213 e. The van der Waals surface area contributed by atoms with Gasteiger partial charge < -0.3 is 5.32 Å². The van der Waals surface area contributed by atoms with Crippen molar-refractivity contribution >= 4 is 0 Å². The van der Waals surface area contributed by atoms with Gasteiger partial charge in [0.1, 0.15) is 0 Å². The zero-order valence-corrected chi connectivity index (χ0v) is 8.59. The van der Waals surface area contributed by atoms with Crippen molar-refractivity contribution in [2.24, 2.45) is 0 Å². The summed E-state index contributed by atoms with van der Waals surface area (Å²) in [6, 6.07) is 7.24. The normalized spacial score (nSPS) is 27.0. The van der Waals surface area contributed by atoms with Crippen LogP contribution in [0, 0.1) is 6.92 Å². The minimum atomic E-state index is 0.606. The highest BCUT2D eigenvalue weighted by atomic mass is 14.9. The maximum atomic E-state index is 3.53. The maximum absolute atomic E-state index is 3.53. The minimum absolute atomic E-state index is 0.606. The van der Waals surface area contributed by atoms with Gasteiger partial charge in [0, 0.05) is 12.6 Å². The van der Waals surface area contributed by atoms with Crippen LogP contribution in [0.2, 0.25) is 0 Å². The molecule has 0 radical (unpaired) electrons. The topological polar surface area (TPSA) is 12.0 Å². The number of aryl methyl sites for hydroxylation is 1.